The Balaban J connectivity index is 1.75. The topological polar surface area (TPSA) is 84.9 Å². The van der Waals surface area contributed by atoms with Gasteiger partial charge in [-0.05, 0) is 72.4 Å². The Morgan fingerprint density at radius 1 is 1.11 bits per heavy atom. The van der Waals surface area contributed by atoms with Crippen molar-refractivity contribution in [2.45, 2.75) is 88.0 Å². The molecule has 0 radical (unpaired) electrons. The van der Waals surface area contributed by atoms with Crippen LogP contribution in [0.25, 0.3) is 0 Å². The second-order valence-electron chi connectivity index (χ2n) is 9.16. The molecule has 1 aromatic rings. The number of rotatable bonds is 4. The predicted octanol–water partition coefficient (Wildman–Crippen LogP) is 2.61. The van der Waals surface area contributed by atoms with Crippen LogP contribution >= 0.6 is 11.6 Å². The lowest BCUT2D eigenvalue weighted by Gasteiger charge is -2.33. The lowest BCUT2D eigenvalue weighted by Crippen LogP contribution is -2.42. The quantitative estimate of drug-likeness (QED) is 0.719. The fourth-order valence-electron chi connectivity index (χ4n) is 3.48. The predicted molar refractivity (Wildman–Crippen MR) is 110 cm³/mol. The average Bonchev–Trinajstić information content (AvgIpc) is 2.77. The Bertz CT molecular complexity index is 830. The van der Waals surface area contributed by atoms with Crippen LogP contribution in [-0.4, -0.2) is 43.5 Å². The average molecular weight is 430 g/mol. The molecule has 1 heterocycles. The lowest BCUT2D eigenvalue weighted by atomic mass is 9.79. The van der Waals surface area contributed by atoms with Gasteiger partial charge < -0.3 is 14.4 Å². The van der Waals surface area contributed by atoms with Gasteiger partial charge in [-0.25, -0.2) is 13.1 Å². The smallest absolute Gasteiger partial charge is 0.399 e. The second-order valence-corrected chi connectivity index (χ2v) is 11.3. The molecule has 0 amide bonds. The number of hydrogen-bond acceptors (Lipinski definition) is 5. The molecular formula is C19H29BClNO5S. The highest BCUT2D eigenvalue weighted by Gasteiger charge is 2.52. The summed E-state index contributed by atoms with van der Waals surface area (Å²) in [6.07, 6.45) is 2.35. The summed E-state index contributed by atoms with van der Waals surface area (Å²) < 4.78 is 40.3. The standard InChI is InChI=1S/C19H29BClNO5S/c1-17(2)18(3,4)27-20(26-17)15-7-6-14(12-16(15)21)28(24,25)22-13-8-10-19(5,23)11-9-13/h6-7,12-13,22-23H,8-11H2,1-5H3. The van der Waals surface area contributed by atoms with E-state index in [0.717, 1.165) is 0 Å². The van der Waals surface area contributed by atoms with Gasteiger partial charge in [0.25, 0.3) is 0 Å². The molecule has 1 saturated heterocycles. The minimum atomic E-state index is -3.70. The van der Waals surface area contributed by atoms with Gasteiger partial charge in [0.15, 0.2) is 0 Å². The van der Waals surface area contributed by atoms with Crippen LogP contribution in [0.15, 0.2) is 23.1 Å². The number of benzene rings is 1. The molecule has 0 atom stereocenters. The van der Waals surface area contributed by atoms with E-state index < -0.39 is 33.9 Å². The van der Waals surface area contributed by atoms with Gasteiger partial charge in [0.05, 0.1) is 21.7 Å². The molecule has 2 N–H and O–H groups in total. The monoisotopic (exact) mass is 429 g/mol. The molecule has 1 saturated carbocycles. The molecule has 1 aromatic carbocycles. The Labute approximate surface area is 173 Å². The van der Waals surface area contributed by atoms with E-state index in [0.29, 0.717) is 31.1 Å². The Kier molecular flexibility index (Phi) is 5.71. The maximum Gasteiger partial charge on any atom is 0.496 e. The van der Waals surface area contributed by atoms with Crippen molar-refractivity contribution < 1.29 is 22.8 Å². The minimum absolute atomic E-state index is 0.107. The van der Waals surface area contributed by atoms with Gasteiger partial charge in [-0.15, -0.1) is 0 Å². The van der Waals surface area contributed by atoms with Crippen molar-refractivity contribution in [2.24, 2.45) is 0 Å². The molecular weight excluding hydrogens is 401 g/mol. The van der Waals surface area contributed by atoms with Crippen molar-refractivity contribution in [3.05, 3.63) is 23.2 Å². The number of sulfonamides is 1. The molecule has 3 rings (SSSR count). The first kappa shape index (κ1) is 22.1. The zero-order chi connectivity index (χ0) is 21.0. The van der Waals surface area contributed by atoms with Crippen molar-refractivity contribution in [1.29, 1.82) is 0 Å². The fourth-order valence-corrected chi connectivity index (χ4v) is 5.15. The van der Waals surface area contributed by atoms with Crippen molar-refractivity contribution in [1.82, 2.24) is 4.72 Å². The molecule has 2 aliphatic rings. The Morgan fingerprint density at radius 3 is 2.14 bits per heavy atom. The fraction of sp³-hybridized carbons (Fsp3) is 0.684. The molecule has 0 bridgehead atoms. The largest absolute Gasteiger partial charge is 0.496 e. The molecule has 1 aliphatic heterocycles. The van der Waals surface area contributed by atoms with Crippen LogP contribution in [0, 0.1) is 0 Å². The molecule has 2 fully saturated rings. The molecule has 0 spiro atoms. The maximum atomic E-state index is 12.8. The minimum Gasteiger partial charge on any atom is -0.399 e. The van der Waals surface area contributed by atoms with Crippen LogP contribution in [0.2, 0.25) is 5.02 Å². The van der Waals surface area contributed by atoms with Crippen LogP contribution in [0.3, 0.4) is 0 Å². The normalized spacial score (nSPS) is 29.8. The number of halogens is 1. The van der Waals surface area contributed by atoms with Crippen LogP contribution in [0.5, 0.6) is 0 Å². The molecule has 156 valence electrons. The van der Waals surface area contributed by atoms with E-state index in [1.54, 1.807) is 13.0 Å². The van der Waals surface area contributed by atoms with Crippen LogP contribution in [-0.2, 0) is 19.3 Å². The van der Waals surface area contributed by atoms with E-state index in [-0.39, 0.29) is 16.0 Å². The van der Waals surface area contributed by atoms with Gasteiger partial charge >= 0.3 is 7.12 Å². The lowest BCUT2D eigenvalue weighted by molar-refractivity contribution is 0.00578. The molecule has 1 aliphatic carbocycles. The summed E-state index contributed by atoms with van der Waals surface area (Å²) in [6.45, 7) is 9.58. The Morgan fingerprint density at radius 2 is 1.64 bits per heavy atom. The van der Waals surface area contributed by atoms with E-state index in [2.05, 4.69) is 4.72 Å². The summed E-state index contributed by atoms with van der Waals surface area (Å²) in [7, 11) is -4.35. The van der Waals surface area contributed by atoms with E-state index in [4.69, 9.17) is 20.9 Å². The first-order chi connectivity index (χ1) is 12.7. The highest BCUT2D eigenvalue weighted by Crippen LogP contribution is 2.37. The van der Waals surface area contributed by atoms with Gasteiger partial charge in [-0.1, -0.05) is 17.7 Å². The van der Waals surface area contributed by atoms with Gasteiger partial charge in [0.2, 0.25) is 10.0 Å². The summed E-state index contributed by atoms with van der Waals surface area (Å²) in [5, 5.41) is 10.3. The molecule has 0 aromatic heterocycles. The van der Waals surface area contributed by atoms with Gasteiger partial charge in [-0.3, -0.25) is 0 Å². The summed E-state index contributed by atoms with van der Waals surface area (Å²) in [5.74, 6) is 0. The van der Waals surface area contributed by atoms with Crippen LogP contribution < -0.4 is 10.2 Å². The third-order valence-electron chi connectivity index (χ3n) is 6.17. The SMILES string of the molecule is CC1(O)CCC(NS(=O)(=O)c2ccc(B3OC(C)(C)C(C)(C)O3)c(Cl)c2)CC1. The van der Waals surface area contributed by atoms with Crippen LogP contribution in [0.1, 0.15) is 60.3 Å². The molecule has 0 unspecified atom stereocenters. The zero-order valence-corrected chi connectivity index (χ0v) is 18.7. The zero-order valence-electron chi connectivity index (χ0n) is 17.1. The van der Waals surface area contributed by atoms with Crippen molar-refractivity contribution in [2.75, 3.05) is 0 Å². The summed E-state index contributed by atoms with van der Waals surface area (Å²) in [4.78, 5) is 0.107. The number of hydrogen-bond donors (Lipinski definition) is 2. The van der Waals surface area contributed by atoms with Gasteiger partial charge in [-0.2, -0.15) is 0 Å². The number of nitrogens with one attached hydrogen (secondary N) is 1. The molecule has 6 nitrogen and oxygen atoms in total. The maximum absolute atomic E-state index is 12.8. The van der Waals surface area contributed by atoms with Crippen molar-refractivity contribution in [3.8, 4) is 0 Å². The Hall–Kier alpha value is -0.635. The highest BCUT2D eigenvalue weighted by atomic mass is 35.5. The van der Waals surface area contributed by atoms with E-state index >= 15 is 0 Å². The summed E-state index contributed by atoms with van der Waals surface area (Å²) in [6, 6.07) is 4.41. The van der Waals surface area contributed by atoms with E-state index in [1.165, 1.54) is 12.1 Å². The second kappa shape index (κ2) is 7.25. The molecule has 9 heteroatoms. The first-order valence-electron chi connectivity index (χ1n) is 9.62. The third kappa shape index (κ3) is 4.42. The van der Waals surface area contributed by atoms with E-state index in [9.17, 15) is 13.5 Å². The van der Waals surface area contributed by atoms with Crippen LogP contribution in [0.4, 0.5) is 0 Å². The van der Waals surface area contributed by atoms with Gasteiger partial charge in [0, 0.05) is 16.5 Å². The highest BCUT2D eigenvalue weighted by molar-refractivity contribution is 7.89. The first-order valence-corrected chi connectivity index (χ1v) is 11.5. The molecule has 28 heavy (non-hydrogen) atoms. The van der Waals surface area contributed by atoms with Crippen molar-refractivity contribution >= 4 is 34.2 Å². The van der Waals surface area contributed by atoms with Gasteiger partial charge in [0.1, 0.15) is 0 Å². The van der Waals surface area contributed by atoms with Crippen molar-refractivity contribution in [3.63, 3.8) is 0 Å². The third-order valence-corrected chi connectivity index (χ3v) is 8.02. The summed E-state index contributed by atoms with van der Waals surface area (Å²) in [5.41, 5.74) is -1.12. The van der Waals surface area contributed by atoms with E-state index in [1.807, 2.05) is 27.7 Å². The number of aliphatic hydroxyl groups is 1. The summed E-state index contributed by atoms with van der Waals surface area (Å²) >= 11 is 6.40.